The first-order chi connectivity index (χ1) is 6.90. The van der Waals surface area contributed by atoms with E-state index in [0.29, 0.717) is 5.88 Å². The van der Waals surface area contributed by atoms with Gasteiger partial charge in [0.15, 0.2) is 0 Å². The highest BCUT2D eigenvalue weighted by molar-refractivity contribution is 6.18. The van der Waals surface area contributed by atoms with Gasteiger partial charge in [0.05, 0.1) is 13.2 Å². The van der Waals surface area contributed by atoms with Crippen molar-refractivity contribution < 1.29 is 4.74 Å². The average molecular weight is 207 g/mol. The highest BCUT2D eigenvalue weighted by atomic mass is 35.5. The van der Waals surface area contributed by atoms with E-state index < -0.39 is 0 Å². The maximum Gasteiger partial charge on any atom is 0.0725 e. The molecule has 2 heteroatoms. The third-order valence-corrected chi connectivity index (χ3v) is 2.36. The molecule has 2 rings (SSSR count). The summed E-state index contributed by atoms with van der Waals surface area (Å²) >= 11 is 5.54. The second kappa shape index (κ2) is 4.50. The zero-order valence-electron chi connectivity index (χ0n) is 7.85. The molecule has 0 fully saturated rings. The number of alkyl halides is 1. The summed E-state index contributed by atoms with van der Waals surface area (Å²) in [4.78, 5) is 0. The van der Waals surface area contributed by atoms with Crippen LogP contribution in [-0.4, -0.2) is 5.88 Å². The molecule has 1 heterocycles. The van der Waals surface area contributed by atoms with E-state index >= 15 is 0 Å². The van der Waals surface area contributed by atoms with E-state index in [0.717, 1.165) is 25.2 Å². The normalized spacial score (nSPS) is 13.2. The van der Waals surface area contributed by atoms with Gasteiger partial charge in [0, 0.05) is 17.9 Å². The first-order valence-corrected chi connectivity index (χ1v) is 5.18. The first kappa shape index (κ1) is 9.58. The van der Waals surface area contributed by atoms with E-state index in [-0.39, 0.29) is 0 Å². The molecule has 0 bridgehead atoms. The van der Waals surface area contributed by atoms with Gasteiger partial charge in [0.1, 0.15) is 0 Å². The van der Waals surface area contributed by atoms with Crippen LogP contribution in [0.5, 0.6) is 0 Å². The minimum Gasteiger partial charge on any atom is -0.372 e. The molecule has 0 saturated heterocycles. The van der Waals surface area contributed by atoms with Crippen molar-refractivity contribution in [2.45, 2.75) is 19.6 Å². The molecular weight excluding hydrogens is 196 g/mol. The molecule has 0 N–H and O–H groups in total. The van der Waals surface area contributed by atoms with E-state index in [4.69, 9.17) is 16.3 Å². The van der Waals surface area contributed by atoms with Gasteiger partial charge in [0.2, 0.25) is 0 Å². The summed E-state index contributed by atoms with van der Waals surface area (Å²) in [7, 11) is 0. The van der Waals surface area contributed by atoms with Crippen molar-refractivity contribution in [3.63, 3.8) is 0 Å². The number of hydrogen-bond acceptors (Lipinski definition) is 1. The molecule has 0 atom stereocenters. The van der Waals surface area contributed by atoms with Crippen LogP contribution in [-0.2, 0) is 18.0 Å². The Labute approximate surface area is 89.0 Å². The highest BCUT2D eigenvalue weighted by Gasteiger charge is 2.09. The maximum atomic E-state index is 5.54. The van der Waals surface area contributed by atoms with Crippen LogP contribution in [0.3, 0.4) is 0 Å². The number of ether oxygens (including phenoxy) is 1. The molecule has 0 spiro atoms. The summed E-state index contributed by atoms with van der Waals surface area (Å²) in [5.41, 5.74) is 3.61. The fourth-order valence-corrected chi connectivity index (χ4v) is 1.56. The smallest absolute Gasteiger partial charge is 0.0725 e. The summed E-state index contributed by atoms with van der Waals surface area (Å²) < 4.78 is 5.33. The van der Waals surface area contributed by atoms with Crippen molar-refractivity contribution in [1.82, 2.24) is 0 Å². The zero-order valence-corrected chi connectivity index (χ0v) is 8.60. The minimum absolute atomic E-state index is 0.598. The van der Waals surface area contributed by atoms with Gasteiger partial charge in [0.25, 0.3) is 0 Å². The van der Waals surface area contributed by atoms with Crippen molar-refractivity contribution in [2.75, 3.05) is 5.88 Å². The van der Waals surface area contributed by atoms with Crippen LogP contribution < -0.4 is 0 Å². The van der Waals surface area contributed by atoms with Gasteiger partial charge in [-0.05, 0) is 23.3 Å². The Morgan fingerprint density at radius 1 is 1.29 bits per heavy atom. The number of halogens is 1. The molecular formula is C12H11ClO. The lowest BCUT2D eigenvalue weighted by Gasteiger charge is -1.96. The lowest BCUT2D eigenvalue weighted by Crippen LogP contribution is -1.83. The molecule has 0 radical (unpaired) electrons. The monoisotopic (exact) mass is 206 g/mol. The first-order valence-electron chi connectivity index (χ1n) is 4.64. The van der Waals surface area contributed by atoms with Crippen LogP contribution in [0.25, 0.3) is 0 Å². The predicted molar refractivity (Wildman–Crippen MR) is 57.2 cm³/mol. The van der Waals surface area contributed by atoms with Crippen molar-refractivity contribution in [3.8, 4) is 11.8 Å². The van der Waals surface area contributed by atoms with Crippen molar-refractivity contribution >= 4 is 11.6 Å². The van der Waals surface area contributed by atoms with Crippen LogP contribution >= 0.6 is 11.6 Å². The average Bonchev–Trinajstić information content (AvgIpc) is 2.65. The van der Waals surface area contributed by atoms with Gasteiger partial charge in [-0.1, -0.05) is 17.9 Å². The molecule has 0 aromatic heterocycles. The van der Waals surface area contributed by atoms with Gasteiger partial charge in [-0.3, -0.25) is 0 Å². The summed E-state index contributed by atoms with van der Waals surface area (Å²) in [5.74, 6) is 6.70. The maximum absolute atomic E-state index is 5.54. The number of fused-ring (bicyclic) bond motifs is 1. The fourth-order valence-electron chi connectivity index (χ4n) is 1.46. The Kier molecular flexibility index (Phi) is 3.08. The van der Waals surface area contributed by atoms with E-state index in [9.17, 15) is 0 Å². The third-order valence-electron chi connectivity index (χ3n) is 2.17. The molecule has 1 aromatic rings. The molecule has 0 aliphatic carbocycles. The minimum atomic E-state index is 0.598. The van der Waals surface area contributed by atoms with E-state index in [2.05, 4.69) is 24.0 Å². The molecule has 0 amide bonds. The Bertz CT molecular complexity index is 387. The number of hydrogen-bond donors (Lipinski definition) is 0. The molecule has 0 unspecified atom stereocenters. The second-order valence-electron chi connectivity index (χ2n) is 3.22. The van der Waals surface area contributed by atoms with Gasteiger partial charge in [-0.25, -0.2) is 0 Å². The highest BCUT2D eigenvalue weighted by Crippen LogP contribution is 2.20. The summed E-state index contributed by atoms with van der Waals surface area (Å²) in [6.07, 6.45) is 0.745. The Hall–Kier alpha value is -0.970. The molecule has 1 aliphatic heterocycles. The summed E-state index contributed by atoms with van der Waals surface area (Å²) in [6, 6.07) is 6.23. The Morgan fingerprint density at radius 2 is 2.14 bits per heavy atom. The van der Waals surface area contributed by atoms with Crippen LogP contribution in [0, 0.1) is 11.8 Å². The van der Waals surface area contributed by atoms with Crippen LogP contribution in [0.15, 0.2) is 18.2 Å². The largest absolute Gasteiger partial charge is 0.372 e. The van der Waals surface area contributed by atoms with Crippen molar-refractivity contribution in [1.29, 1.82) is 0 Å². The van der Waals surface area contributed by atoms with E-state index in [1.165, 1.54) is 11.1 Å². The molecule has 1 aliphatic rings. The zero-order chi connectivity index (χ0) is 9.80. The SMILES string of the molecule is ClCCC#Cc1ccc2c(c1)COC2. The van der Waals surface area contributed by atoms with Crippen LogP contribution in [0.2, 0.25) is 0 Å². The van der Waals surface area contributed by atoms with Gasteiger partial charge in [-0.2, -0.15) is 0 Å². The number of rotatable bonds is 1. The summed E-state index contributed by atoms with van der Waals surface area (Å²) in [5, 5.41) is 0. The van der Waals surface area contributed by atoms with E-state index in [1.54, 1.807) is 0 Å². The molecule has 1 aromatic carbocycles. The molecule has 14 heavy (non-hydrogen) atoms. The van der Waals surface area contributed by atoms with Crippen LogP contribution in [0.1, 0.15) is 23.1 Å². The van der Waals surface area contributed by atoms with Crippen LogP contribution in [0.4, 0.5) is 0 Å². The lowest BCUT2D eigenvalue weighted by molar-refractivity contribution is 0.134. The molecule has 1 nitrogen and oxygen atoms in total. The van der Waals surface area contributed by atoms with Crippen molar-refractivity contribution in [2.24, 2.45) is 0 Å². The standard InChI is InChI=1S/C12H11ClO/c13-6-2-1-3-10-4-5-11-8-14-9-12(11)7-10/h4-5,7H,2,6,8-9H2. The Morgan fingerprint density at radius 3 is 3.00 bits per heavy atom. The second-order valence-corrected chi connectivity index (χ2v) is 3.60. The Balaban J connectivity index is 2.18. The number of benzene rings is 1. The lowest BCUT2D eigenvalue weighted by atomic mass is 10.1. The van der Waals surface area contributed by atoms with E-state index in [1.807, 2.05) is 6.07 Å². The van der Waals surface area contributed by atoms with Gasteiger partial charge >= 0.3 is 0 Å². The molecule has 0 saturated carbocycles. The predicted octanol–water partition coefficient (Wildman–Crippen LogP) is 2.70. The quantitative estimate of drug-likeness (QED) is 0.507. The topological polar surface area (TPSA) is 9.23 Å². The fraction of sp³-hybridized carbons (Fsp3) is 0.333. The third kappa shape index (κ3) is 2.09. The van der Waals surface area contributed by atoms with Gasteiger partial charge < -0.3 is 4.74 Å². The van der Waals surface area contributed by atoms with Gasteiger partial charge in [-0.15, -0.1) is 11.6 Å². The summed E-state index contributed by atoms with van der Waals surface area (Å²) in [6.45, 7) is 1.46. The van der Waals surface area contributed by atoms with Crippen molar-refractivity contribution in [3.05, 3.63) is 34.9 Å². The molecule has 72 valence electrons.